The number of hydrogen-bond acceptors (Lipinski definition) is 7. The molecular weight excluding hydrogens is 444 g/mol. The summed E-state index contributed by atoms with van der Waals surface area (Å²) >= 11 is 0. The standard InChI is InChI=1S/C25H28N8O2/c1-4-5-11-32-21-22(29-24(32)31-10-6-7-18(26)15-31)30(3)25(35)33(23(21)34)14-17-12-16(2)20-19(13-17)27-8-9-28-20/h8-9,12-13,18H,6-7,10-11,14-15,26H2,1-3H3. The van der Waals surface area contributed by atoms with Crippen LogP contribution in [0.3, 0.4) is 0 Å². The van der Waals surface area contributed by atoms with Crippen molar-refractivity contribution in [2.75, 3.05) is 18.0 Å². The molecule has 4 aromatic rings. The zero-order valence-corrected chi connectivity index (χ0v) is 20.2. The van der Waals surface area contributed by atoms with E-state index in [9.17, 15) is 9.59 Å². The largest absolute Gasteiger partial charge is 0.341 e. The van der Waals surface area contributed by atoms with Gasteiger partial charge in [-0.1, -0.05) is 12.0 Å². The smallest absolute Gasteiger partial charge is 0.332 e. The molecule has 1 unspecified atom stereocenters. The summed E-state index contributed by atoms with van der Waals surface area (Å²) in [6.07, 6.45) is 5.17. The van der Waals surface area contributed by atoms with E-state index in [4.69, 9.17) is 10.7 Å². The zero-order valence-electron chi connectivity index (χ0n) is 20.2. The Kier molecular flexibility index (Phi) is 5.86. The van der Waals surface area contributed by atoms with Gasteiger partial charge in [0.15, 0.2) is 11.2 Å². The average Bonchev–Trinajstić information content (AvgIpc) is 3.24. The second-order valence-corrected chi connectivity index (χ2v) is 9.01. The van der Waals surface area contributed by atoms with Gasteiger partial charge in [-0.2, -0.15) is 4.98 Å². The van der Waals surface area contributed by atoms with Crippen molar-refractivity contribution in [2.24, 2.45) is 12.8 Å². The van der Waals surface area contributed by atoms with Gasteiger partial charge in [0, 0.05) is 38.6 Å². The summed E-state index contributed by atoms with van der Waals surface area (Å²) in [5.74, 6) is 6.58. The average molecular weight is 473 g/mol. The van der Waals surface area contributed by atoms with Crippen LogP contribution in [0, 0.1) is 18.8 Å². The Labute approximate surface area is 202 Å². The van der Waals surface area contributed by atoms with Gasteiger partial charge in [0.05, 0.1) is 24.1 Å². The number of aromatic nitrogens is 6. The van der Waals surface area contributed by atoms with Gasteiger partial charge < -0.3 is 10.6 Å². The van der Waals surface area contributed by atoms with Crippen LogP contribution in [0.1, 0.15) is 30.9 Å². The molecule has 1 aliphatic rings. The molecule has 0 amide bonds. The molecule has 1 aromatic carbocycles. The summed E-state index contributed by atoms with van der Waals surface area (Å²) < 4.78 is 4.51. The van der Waals surface area contributed by atoms with Crippen LogP contribution in [0.2, 0.25) is 0 Å². The summed E-state index contributed by atoms with van der Waals surface area (Å²) in [7, 11) is 1.65. The normalized spacial score (nSPS) is 16.0. The maximum atomic E-state index is 13.8. The number of anilines is 1. The van der Waals surface area contributed by atoms with Gasteiger partial charge in [-0.3, -0.25) is 28.5 Å². The predicted molar refractivity (Wildman–Crippen MR) is 135 cm³/mol. The summed E-state index contributed by atoms with van der Waals surface area (Å²) in [6.45, 7) is 5.54. The number of benzene rings is 1. The summed E-state index contributed by atoms with van der Waals surface area (Å²) in [4.78, 5) is 42.7. The number of aryl methyl sites for hydroxylation is 2. The first-order valence-corrected chi connectivity index (χ1v) is 11.7. The molecule has 5 rings (SSSR count). The molecule has 10 nitrogen and oxygen atoms in total. The van der Waals surface area contributed by atoms with E-state index in [0.717, 1.165) is 41.5 Å². The van der Waals surface area contributed by atoms with Gasteiger partial charge in [0.2, 0.25) is 5.95 Å². The number of piperidine rings is 1. The number of rotatable bonds is 4. The lowest BCUT2D eigenvalue weighted by atomic mass is 10.1. The highest BCUT2D eigenvalue weighted by Gasteiger charge is 2.26. The second kappa shape index (κ2) is 9.00. The molecular formula is C25H28N8O2. The Morgan fingerprint density at radius 1 is 1.17 bits per heavy atom. The number of fused-ring (bicyclic) bond motifs is 2. The number of nitrogens with zero attached hydrogens (tertiary/aromatic N) is 7. The highest BCUT2D eigenvalue weighted by Crippen LogP contribution is 2.23. The Balaban J connectivity index is 1.69. The van der Waals surface area contributed by atoms with Crippen molar-refractivity contribution in [1.29, 1.82) is 0 Å². The summed E-state index contributed by atoms with van der Waals surface area (Å²) in [5.41, 5.74) is 9.37. The third kappa shape index (κ3) is 3.98. The molecule has 1 fully saturated rings. The summed E-state index contributed by atoms with van der Waals surface area (Å²) in [5, 5.41) is 0. The van der Waals surface area contributed by atoms with E-state index in [0.29, 0.717) is 30.2 Å². The van der Waals surface area contributed by atoms with Gasteiger partial charge in [0.1, 0.15) is 0 Å². The van der Waals surface area contributed by atoms with E-state index in [-0.39, 0.29) is 12.6 Å². The van der Waals surface area contributed by atoms with E-state index < -0.39 is 11.2 Å². The van der Waals surface area contributed by atoms with E-state index in [2.05, 4.69) is 26.7 Å². The SMILES string of the molecule is CC#CCn1c(N2CCCC(N)C2)nc2c1c(=O)n(Cc1cc(C)c3nccnc3c1)c(=O)n2C. The van der Waals surface area contributed by atoms with Crippen LogP contribution in [-0.2, 0) is 20.1 Å². The van der Waals surface area contributed by atoms with Gasteiger partial charge in [-0.25, -0.2) is 4.79 Å². The van der Waals surface area contributed by atoms with Crippen molar-refractivity contribution in [2.45, 2.75) is 45.8 Å². The van der Waals surface area contributed by atoms with E-state index in [1.54, 1.807) is 26.4 Å². The lowest BCUT2D eigenvalue weighted by molar-refractivity contribution is 0.496. The van der Waals surface area contributed by atoms with Gasteiger partial charge in [-0.05, 0) is 43.9 Å². The van der Waals surface area contributed by atoms with Crippen LogP contribution >= 0.6 is 0 Å². The highest BCUT2D eigenvalue weighted by molar-refractivity contribution is 5.78. The Morgan fingerprint density at radius 3 is 2.74 bits per heavy atom. The monoisotopic (exact) mass is 472 g/mol. The molecule has 1 saturated heterocycles. The van der Waals surface area contributed by atoms with Crippen molar-refractivity contribution in [3.63, 3.8) is 0 Å². The minimum absolute atomic E-state index is 0.0361. The second-order valence-electron chi connectivity index (χ2n) is 9.01. The Bertz CT molecular complexity index is 1620. The van der Waals surface area contributed by atoms with Crippen LogP contribution < -0.4 is 21.9 Å². The van der Waals surface area contributed by atoms with Crippen LogP contribution in [0.4, 0.5) is 5.95 Å². The quantitative estimate of drug-likeness (QED) is 0.443. The molecule has 1 aliphatic heterocycles. The lowest BCUT2D eigenvalue weighted by Crippen LogP contribution is -2.44. The molecule has 3 aromatic heterocycles. The third-order valence-corrected chi connectivity index (χ3v) is 6.53. The van der Waals surface area contributed by atoms with Crippen molar-refractivity contribution in [1.82, 2.24) is 28.7 Å². The zero-order chi connectivity index (χ0) is 24.7. The van der Waals surface area contributed by atoms with Gasteiger partial charge >= 0.3 is 5.69 Å². The molecule has 0 saturated carbocycles. The van der Waals surface area contributed by atoms with Crippen LogP contribution in [0.15, 0.2) is 34.1 Å². The Hall–Kier alpha value is -3.97. The van der Waals surface area contributed by atoms with Crippen LogP contribution in [0.5, 0.6) is 0 Å². The maximum Gasteiger partial charge on any atom is 0.332 e. The Morgan fingerprint density at radius 2 is 1.97 bits per heavy atom. The van der Waals surface area contributed by atoms with Crippen molar-refractivity contribution >= 4 is 28.1 Å². The highest BCUT2D eigenvalue weighted by atomic mass is 16.2. The van der Waals surface area contributed by atoms with Gasteiger partial charge in [0.25, 0.3) is 5.56 Å². The summed E-state index contributed by atoms with van der Waals surface area (Å²) in [6, 6.07) is 3.84. The van der Waals surface area contributed by atoms with Gasteiger partial charge in [-0.15, -0.1) is 5.92 Å². The molecule has 10 heteroatoms. The molecule has 4 heterocycles. The predicted octanol–water partition coefficient (Wildman–Crippen LogP) is 1.15. The first kappa shape index (κ1) is 22.8. The van der Waals surface area contributed by atoms with Crippen molar-refractivity contribution < 1.29 is 0 Å². The molecule has 0 spiro atoms. The fourth-order valence-corrected chi connectivity index (χ4v) is 4.84. The number of nitrogens with two attached hydrogens (primary N) is 1. The molecule has 180 valence electrons. The fourth-order valence-electron chi connectivity index (χ4n) is 4.84. The first-order valence-electron chi connectivity index (χ1n) is 11.7. The molecule has 0 aliphatic carbocycles. The van der Waals surface area contributed by atoms with Crippen molar-refractivity contribution in [3.05, 3.63) is 56.5 Å². The number of hydrogen-bond donors (Lipinski definition) is 1. The first-order chi connectivity index (χ1) is 16.9. The number of imidazole rings is 1. The molecule has 0 bridgehead atoms. The van der Waals surface area contributed by atoms with Crippen molar-refractivity contribution in [3.8, 4) is 11.8 Å². The maximum absolute atomic E-state index is 13.8. The molecule has 2 N–H and O–H groups in total. The minimum atomic E-state index is -0.424. The van der Waals surface area contributed by atoms with Crippen LogP contribution in [0.25, 0.3) is 22.2 Å². The topological polar surface area (TPSA) is 117 Å². The molecule has 35 heavy (non-hydrogen) atoms. The van der Waals surface area contributed by atoms with E-state index in [1.165, 1.54) is 9.13 Å². The molecule has 1 atom stereocenters. The van der Waals surface area contributed by atoms with E-state index in [1.807, 2.05) is 23.6 Å². The lowest BCUT2D eigenvalue weighted by Gasteiger charge is -2.31. The molecule has 0 radical (unpaired) electrons. The fraction of sp³-hybridized carbons (Fsp3) is 0.400. The third-order valence-electron chi connectivity index (χ3n) is 6.53. The minimum Gasteiger partial charge on any atom is -0.341 e. The van der Waals surface area contributed by atoms with E-state index >= 15 is 0 Å². The van der Waals surface area contributed by atoms with Crippen LogP contribution in [-0.4, -0.2) is 47.8 Å².